The minimum absolute atomic E-state index is 0.0721. The van der Waals surface area contributed by atoms with Crippen molar-refractivity contribution < 1.29 is 28.3 Å². The highest BCUT2D eigenvalue weighted by atomic mass is 16.5. The van der Waals surface area contributed by atoms with E-state index < -0.39 is 24.0 Å². The number of esters is 2. The molecule has 0 bridgehead atoms. The van der Waals surface area contributed by atoms with Gasteiger partial charge in [-0.1, -0.05) is 25.5 Å². The van der Waals surface area contributed by atoms with Crippen LogP contribution in [0.5, 0.6) is 5.75 Å². The Labute approximate surface area is 167 Å². The van der Waals surface area contributed by atoms with Crippen molar-refractivity contribution in [3.63, 3.8) is 0 Å². The lowest BCUT2D eigenvalue weighted by atomic mass is 9.93. The van der Waals surface area contributed by atoms with Crippen molar-refractivity contribution in [2.75, 3.05) is 6.61 Å². The molecule has 2 heterocycles. The van der Waals surface area contributed by atoms with Crippen molar-refractivity contribution in [1.29, 1.82) is 0 Å². The number of rotatable bonds is 7. The second-order valence-corrected chi connectivity index (χ2v) is 6.33. The number of ether oxygens (including phenoxy) is 2. The molecule has 0 aliphatic carbocycles. The highest BCUT2D eigenvalue weighted by molar-refractivity contribution is 5.95. The first-order valence-corrected chi connectivity index (χ1v) is 9.36. The smallest absolute Gasteiger partial charge is 0.379 e. The number of hydrogen-bond acceptors (Lipinski definition) is 6. The molecule has 0 radical (unpaired) electrons. The fourth-order valence-electron chi connectivity index (χ4n) is 3.07. The first-order valence-electron chi connectivity index (χ1n) is 9.36. The van der Waals surface area contributed by atoms with Gasteiger partial charge in [-0.3, -0.25) is 0 Å². The summed E-state index contributed by atoms with van der Waals surface area (Å²) in [4.78, 5) is 36.9. The number of nitrogens with one attached hydrogen (secondary N) is 2. The normalized spacial score (nSPS) is 16.1. The molecule has 2 amide bonds. The molecule has 3 rings (SSSR count). The van der Waals surface area contributed by atoms with Gasteiger partial charge in [0.05, 0.1) is 24.5 Å². The van der Waals surface area contributed by atoms with Crippen LogP contribution in [0.25, 0.3) is 0 Å². The number of carbonyl (C=O) groups excluding carboxylic acids is 3. The molecule has 1 aromatic carbocycles. The van der Waals surface area contributed by atoms with Crippen LogP contribution in [0, 0.1) is 0 Å². The van der Waals surface area contributed by atoms with E-state index in [1.807, 2.05) is 6.92 Å². The molecule has 0 saturated carbocycles. The summed E-state index contributed by atoms with van der Waals surface area (Å²) in [5, 5.41) is 5.45. The van der Waals surface area contributed by atoms with Gasteiger partial charge in [0.25, 0.3) is 0 Å². The van der Waals surface area contributed by atoms with Gasteiger partial charge in [-0.15, -0.1) is 0 Å². The molecule has 2 N–H and O–H groups in total. The van der Waals surface area contributed by atoms with E-state index in [1.165, 1.54) is 12.3 Å². The van der Waals surface area contributed by atoms with E-state index in [-0.39, 0.29) is 18.1 Å². The van der Waals surface area contributed by atoms with Crippen LogP contribution in [-0.4, -0.2) is 24.6 Å². The number of benzene rings is 1. The largest absolute Gasteiger partial charge is 0.463 e. The second kappa shape index (κ2) is 9.09. The molecule has 2 aromatic rings. The van der Waals surface area contributed by atoms with Crippen LogP contribution in [0.4, 0.5) is 4.79 Å². The fourth-order valence-corrected chi connectivity index (χ4v) is 3.07. The number of carbonyl (C=O) groups is 3. The van der Waals surface area contributed by atoms with E-state index in [9.17, 15) is 14.4 Å². The van der Waals surface area contributed by atoms with Crippen LogP contribution in [0.15, 0.2) is 58.3 Å². The molecule has 0 saturated heterocycles. The molecule has 152 valence electrons. The molecule has 1 aliphatic rings. The lowest BCUT2D eigenvalue weighted by Crippen LogP contribution is -2.46. The van der Waals surface area contributed by atoms with E-state index >= 15 is 0 Å². The third kappa shape index (κ3) is 4.66. The molecule has 1 atom stereocenters. The monoisotopic (exact) mass is 398 g/mol. The average molecular weight is 398 g/mol. The van der Waals surface area contributed by atoms with Crippen molar-refractivity contribution in [2.24, 2.45) is 0 Å². The van der Waals surface area contributed by atoms with Crippen molar-refractivity contribution in [2.45, 2.75) is 32.7 Å². The summed E-state index contributed by atoms with van der Waals surface area (Å²) in [5.41, 5.74) is 1.45. The van der Waals surface area contributed by atoms with Crippen LogP contribution in [-0.2, 0) is 9.53 Å². The number of furan rings is 1. The van der Waals surface area contributed by atoms with E-state index in [1.54, 1.807) is 37.3 Å². The molecule has 1 aliphatic heterocycles. The lowest BCUT2D eigenvalue weighted by molar-refractivity contribution is -0.139. The van der Waals surface area contributed by atoms with Crippen molar-refractivity contribution in [3.8, 4) is 5.75 Å². The summed E-state index contributed by atoms with van der Waals surface area (Å²) in [6.45, 7) is 3.88. The Balaban J connectivity index is 1.94. The van der Waals surface area contributed by atoms with Crippen LogP contribution in [0.3, 0.4) is 0 Å². The minimum Gasteiger partial charge on any atom is -0.463 e. The maximum absolute atomic E-state index is 12.6. The molecular weight excluding hydrogens is 376 g/mol. The van der Waals surface area contributed by atoms with Gasteiger partial charge in [-0.2, -0.15) is 0 Å². The van der Waals surface area contributed by atoms with Crippen LogP contribution >= 0.6 is 0 Å². The predicted octanol–water partition coefficient (Wildman–Crippen LogP) is 3.47. The second-order valence-electron chi connectivity index (χ2n) is 6.33. The maximum atomic E-state index is 12.6. The van der Waals surface area contributed by atoms with Crippen molar-refractivity contribution in [3.05, 3.63) is 65.3 Å². The Hall–Kier alpha value is -3.55. The Kier molecular flexibility index (Phi) is 6.33. The first kappa shape index (κ1) is 20.2. The van der Waals surface area contributed by atoms with Gasteiger partial charge >= 0.3 is 18.0 Å². The van der Waals surface area contributed by atoms with E-state index in [0.717, 1.165) is 6.42 Å². The quantitative estimate of drug-likeness (QED) is 0.546. The third-order valence-electron chi connectivity index (χ3n) is 4.27. The van der Waals surface area contributed by atoms with Gasteiger partial charge in [-0.05, 0) is 43.2 Å². The molecule has 8 nitrogen and oxygen atoms in total. The Morgan fingerprint density at radius 1 is 1.14 bits per heavy atom. The number of urea groups is 1. The predicted molar refractivity (Wildman–Crippen MR) is 103 cm³/mol. The topological polar surface area (TPSA) is 107 Å². The molecule has 0 spiro atoms. The zero-order valence-electron chi connectivity index (χ0n) is 16.2. The highest BCUT2D eigenvalue weighted by Gasteiger charge is 2.33. The summed E-state index contributed by atoms with van der Waals surface area (Å²) < 4.78 is 15.6. The van der Waals surface area contributed by atoms with E-state index in [2.05, 4.69) is 10.6 Å². The number of hydrogen-bond donors (Lipinski definition) is 2. The first-order chi connectivity index (χ1) is 14.0. The van der Waals surface area contributed by atoms with Gasteiger partial charge < -0.3 is 24.5 Å². The Morgan fingerprint density at radius 2 is 1.97 bits per heavy atom. The summed E-state index contributed by atoms with van der Waals surface area (Å²) in [6.07, 6.45) is 2.64. The van der Waals surface area contributed by atoms with Crippen LogP contribution in [0.1, 0.15) is 48.8 Å². The standard InChI is InChI=1S/C21H22N2O6/c1-3-7-15-17(20(25)27-4-2)18(23-21(26)22-15)13-8-5-9-14(12-13)29-19(24)16-10-6-11-28-16/h5-6,8-12,18H,3-4,7H2,1-2H3,(H2,22,23,26). The summed E-state index contributed by atoms with van der Waals surface area (Å²) in [7, 11) is 0. The van der Waals surface area contributed by atoms with E-state index in [0.29, 0.717) is 23.3 Å². The molecule has 1 unspecified atom stereocenters. The van der Waals surface area contributed by atoms with Crippen molar-refractivity contribution in [1.82, 2.24) is 10.6 Å². The summed E-state index contributed by atoms with van der Waals surface area (Å²) in [5.74, 6) is -0.819. The number of allylic oxidation sites excluding steroid dienone is 1. The third-order valence-corrected chi connectivity index (χ3v) is 4.27. The Morgan fingerprint density at radius 3 is 2.66 bits per heavy atom. The molecule has 1 aromatic heterocycles. The minimum atomic E-state index is -0.730. The van der Waals surface area contributed by atoms with Gasteiger partial charge in [0, 0.05) is 5.70 Å². The highest BCUT2D eigenvalue weighted by Crippen LogP contribution is 2.31. The van der Waals surface area contributed by atoms with Gasteiger partial charge in [0.1, 0.15) is 5.75 Å². The van der Waals surface area contributed by atoms with Gasteiger partial charge in [-0.25, -0.2) is 14.4 Å². The summed E-state index contributed by atoms with van der Waals surface area (Å²) in [6, 6.07) is 8.56. The van der Waals surface area contributed by atoms with Gasteiger partial charge in [0.2, 0.25) is 5.76 Å². The molecular formula is C21H22N2O6. The average Bonchev–Trinajstić information content (AvgIpc) is 3.23. The lowest BCUT2D eigenvalue weighted by Gasteiger charge is -2.29. The van der Waals surface area contributed by atoms with Gasteiger partial charge in [0.15, 0.2) is 0 Å². The zero-order chi connectivity index (χ0) is 20.8. The fraction of sp³-hybridized carbons (Fsp3) is 0.286. The maximum Gasteiger partial charge on any atom is 0.379 e. The summed E-state index contributed by atoms with van der Waals surface area (Å²) >= 11 is 0. The number of amides is 2. The Bertz CT molecular complexity index is 932. The van der Waals surface area contributed by atoms with Crippen LogP contribution < -0.4 is 15.4 Å². The molecule has 29 heavy (non-hydrogen) atoms. The van der Waals surface area contributed by atoms with Crippen molar-refractivity contribution >= 4 is 18.0 Å². The molecule has 8 heteroatoms. The zero-order valence-corrected chi connectivity index (χ0v) is 16.2. The molecule has 0 fully saturated rings. The SMILES string of the molecule is CCCC1=C(C(=O)OCC)C(c2cccc(OC(=O)c3ccco3)c2)NC(=O)N1. The van der Waals surface area contributed by atoms with E-state index in [4.69, 9.17) is 13.9 Å². The van der Waals surface area contributed by atoms with Crippen LogP contribution in [0.2, 0.25) is 0 Å².